The normalized spacial score (nSPS) is 17.6. The molecule has 0 bridgehead atoms. The maximum atomic E-state index is 13.5. The summed E-state index contributed by atoms with van der Waals surface area (Å²) in [6, 6.07) is 3.31. The van der Waals surface area contributed by atoms with E-state index in [1.165, 1.54) is 29.2 Å². The first-order valence-electron chi connectivity index (χ1n) is 7.54. The predicted molar refractivity (Wildman–Crippen MR) is 81.8 cm³/mol. The summed E-state index contributed by atoms with van der Waals surface area (Å²) in [7, 11) is 0. The van der Waals surface area contributed by atoms with Crippen molar-refractivity contribution in [1.29, 1.82) is 0 Å². The summed E-state index contributed by atoms with van der Waals surface area (Å²) in [5.74, 6) is -0.794. The minimum Gasteiger partial charge on any atom is -0.334 e. The van der Waals surface area contributed by atoms with Crippen LogP contribution in [0.25, 0.3) is 5.65 Å². The Hall–Kier alpha value is -2.90. The molecule has 0 aliphatic carbocycles. The highest BCUT2D eigenvalue weighted by molar-refractivity contribution is 5.83. The molecular weight excluding hydrogens is 316 g/mol. The molecule has 1 aromatic carbocycles. The molecule has 1 saturated heterocycles. The van der Waals surface area contributed by atoms with Crippen LogP contribution in [0.2, 0.25) is 0 Å². The summed E-state index contributed by atoms with van der Waals surface area (Å²) in [5.41, 5.74) is 1.33. The monoisotopic (exact) mass is 329 g/mol. The van der Waals surface area contributed by atoms with Crippen LogP contribution in [0.3, 0.4) is 0 Å². The van der Waals surface area contributed by atoms with Gasteiger partial charge in [0.2, 0.25) is 5.95 Å². The van der Waals surface area contributed by atoms with Crippen molar-refractivity contribution in [3.63, 3.8) is 0 Å². The van der Waals surface area contributed by atoms with Gasteiger partial charge in [-0.2, -0.15) is 10.1 Å². The van der Waals surface area contributed by atoms with E-state index in [4.69, 9.17) is 0 Å². The van der Waals surface area contributed by atoms with Gasteiger partial charge >= 0.3 is 0 Å². The van der Waals surface area contributed by atoms with Gasteiger partial charge in [0.05, 0.1) is 17.8 Å². The number of aromatic nitrogens is 4. The Morgan fingerprint density at radius 2 is 2.00 bits per heavy atom. The average Bonchev–Trinajstić information content (AvgIpc) is 3.20. The highest BCUT2D eigenvalue weighted by Crippen LogP contribution is 2.35. The zero-order valence-electron chi connectivity index (χ0n) is 12.6. The summed E-state index contributed by atoms with van der Waals surface area (Å²) >= 11 is 0. The first-order chi connectivity index (χ1) is 11.7. The van der Waals surface area contributed by atoms with Crippen molar-refractivity contribution in [1.82, 2.24) is 19.6 Å². The first kappa shape index (κ1) is 14.7. The molecule has 0 N–H and O–H groups in total. The van der Waals surface area contributed by atoms with Crippen LogP contribution >= 0.6 is 0 Å². The number of hydrogen-bond acceptors (Lipinski definition) is 5. The van der Waals surface area contributed by atoms with Crippen molar-refractivity contribution >= 4 is 17.9 Å². The van der Waals surface area contributed by atoms with E-state index in [0.717, 1.165) is 18.9 Å². The first-order valence-corrected chi connectivity index (χ1v) is 7.54. The Morgan fingerprint density at radius 1 is 1.21 bits per heavy atom. The largest absolute Gasteiger partial charge is 0.334 e. The molecule has 2 aromatic heterocycles. The SMILES string of the molecule is O=Cc1cnn2cnc(N3CCCC3c3cc(F)cc(F)c3)nc12. The molecule has 1 atom stereocenters. The smallest absolute Gasteiger partial charge is 0.229 e. The van der Waals surface area contributed by atoms with E-state index in [-0.39, 0.29) is 6.04 Å². The molecule has 122 valence electrons. The van der Waals surface area contributed by atoms with E-state index >= 15 is 0 Å². The number of rotatable bonds is 3. The van der Waals surface area contributed by atoms with Gasteiger partial charge in [-0.3, -0.25) is 4.79 Å². The Labute approximate surface area is 135 Å². The van der Waals surface area contributed by atoms with Gasteiger partial charge in [0, 0.05) is 12.6 Å². The van der Waals surface area contributed by atoms with Gasteiger partial charge in [-0.1, -0.05) is 0 Å². The van der Waals surface area contributed by atoms with Crippen molar-refractivity contribution in [2.45, 2.75) is 18.9 Å². The summed E-state index contributed by atoms with van der Waals surface area (Å²) in [5, 5.41) is 4.00. The third-order valence-corrected chi connectivity index (χ3v) is 4.19. The summed E-state index contributed by atoms with van der Waals surface area (Å²) < 4.78 is 28.5. The Kier molecular flexibility index (Phi) is 3.44. The lowest BCUT2D eigenvalue weighted by Gasteiger charge is -2.25. The highest BCUT2D eigenvalue weighted by atomic mass is 19.1. The molecule has 0 amide bonds. The second kappa shape index (κ2) is 5.63. The van der Waals surface area contributed by atoms with Crippen molar-refractivity contribution < 1.29 is 13.6 Å². The molecular formula is C16H13F2N5O. The molecule has 1 unspecified atom stereocenters. The van der Waals surface area contributed by atoms with Crippen molar-refractivity contribution in [2.75, 3.05) is 11.4 Å². The number of aldehydes is 1. The third kappa shape index (κ3) is 2.40. The summed E-state index contributed by atoms with van der Waals surface area (Å²) in [4.78, 5) is 21.6. The molecule has 6 nitrogen and oxygen atoms in total. The van der Waals surface area contributed by atoms with Crippen LogP contribution < -0.4 is 4.90 Å². The lowest BCUT2D eigenvalue weighted by atomic mass is 10.0. The van der Waals surface area contributed by atoms with Crippen LogP contribution in [0.1, 0.15) is 34.8 Å². The van der Waals surface area contributed by atoms with Crippen LogP contribution in [0.15, 0.2) is 30.7 Å². The molecule has 0 saturated carbocycles. The Bertz CT molecular complexity index is 906. The second-order valence-corrected chi connectivity index (χ2v) is 5.70. The predicted octanol–water partition coefficient (Wildman–Crippen LogP) is 2.56. The number of nitrogens with zero attached hydrogens (tertiary/aromatic N) is 5. The number of carbonyl (C=O) groups excluding carboxylic acids is 1. The maximum absolute atomic E-state index is 13.5. The standard InChI is InChI=1S/C16H13F2N5O/c17-12-4-10(5-13(18)6-12)14-2-1-3-22(14)16-19-9-23-15(21-16)11(8-24)7-20-23/h4-9,14H,1-3H2. The van der Waals surface area contributed by atoms with Gasteiger partial charge in [0.1, 0.15) is 18.0 Å². The van der Waals surface area contributed by atoms with E-state index in [9.17, 15) is 13.6 Å². The van der Waals surface area contributed by atoms with Gasteiger partial charge in [0.25, 0.3) is 0 Å². The van der Waals surface area contributed by atoms with E-state index in [1.807, 2.05) is 4.90 Å². The molecule has 3 heterocycles. The van der Waals surface area contributed by atoms with Crippen molar-refractivity contribution in [2.24, 2.45) is 0 Å². The number of anilines is 1. The van der Waals surface area contributed by atoms with Crippen LogP contribution in [0.4, 0.5) is 14.7 Å². The van der Waals surface area contributed by atoms with E-state index in [1.54, 1.807) is 0 Å². The number of carbonyl (C=O) groups is 1. The quantitative estimate of drug-likeness (QED) is 0.691. The number of benzene rings is 1. The lowest BCUT2D eigenvalue weighted by Crippen LogP contribution is -2.25. The van der Waals surface area contributed by atoms with Crippen LogP contribution in [-0.4, -0.2) is 32.4 Å². The van der Waals surface area contributed by atoms with E-state index in [0.29, 0.717) is 35.6 Å². The summed E-state index contributed by atoms with van der Waals surface area (Å²) in [6.07, 6.45) is 5.19. The average molecular weight is 329 g/mol. The maximum Gasteiger partial charge on any atom is 0.229 e. The zero-order valence-corrected chi connectivity index (χ0v) is 12.6. The molecule has 0 spiro atoms. The molecule has 0 radical (unpaired) electrons. The molecule has 24 heavy (non-hydrogen) atoms. The minimum atomic E-state index is -0.604. The van der Waals surface area contributed by atoms with Gasteiger partial charge in [0.15, 0.2) is 11.9 Å². The highest BCUT2D eigenvalue weighted by Gasteiger charge is 2.29. The van der Waals surface area contributed by atoms with Gasteiger partial charge in [-0.15, -0.1) is 0 Å². The lowest BCUT2D eigenvalue weighted by molar-refractivity contribution is 0.112. The van der Waals surface area contributed by atoms with Crippen LogP contribution in [0.5, 0.6) is 0 Å². The van der Waals surface area contributed by atoms with Crippen LogP contribution in [0, 0.1) is 11.6 Å². The van der Waals surface area contributed by atoms with Gasteiger partial charge in [-0.25, -0.2) is 18.3 Å². The number of fused-ring (bicyclic) bond motifs is 1. The molecule has 1 aliphatic heterocycles. The third-order valence-electron chi connectivity index (χ3n) is 4.19. The molecule has 3 aromatic rings. The van der Waals surface area contributed by atoms with Gasteiger partial charge < -0.3 is 4.90 Å². The van der Waals surface area contributed by atoms with Crippen molar-refractivity contribution in [3.8, 4) is 0 Å². The Balaban J connectivity index is 1.75. The molecule has 8 heteroatoms. The molecule has 1 aliphatic rings. The fourth-order valence-electron chi connectivity index (χ4n) is 3.14. The topological polar surface area (TPSA) is 63.4 Å². The van der Waals surface area contributed by atoms with Crippen molar-refractivity contribution in [3.05, 3.63) is 53.5 Å². The number of hydrogen-bond donors (Lipinski definition) is 0. The fraction of sp³-hybridized carbons (Fsp3) is 0.250. The fourth-order valence-corrected chi connectivity index (χ4v) is 3.14. The van der Waals surface area contributed by atoms with E-state index < -0.39 is 11.6 Å². The number of halogens is 2. The van der Waals surface area contributed by atoms with Crippen LogP contribution in [-0.2, 0) is 0 Å². The van der Waals surface area contributed by atoms with E-state index in [2.05, 4.69) is 15.1 Å². The van der Waals surface area contributed by atoms with Gasteiger partial charge in [-0.05, 0) is 30.5 Å². The molecule has 1 fully saturated rings. The summed E-state index contributed by atoms with van der Waals surface area (Å²) in [6.45, 7) is 0.670. The Morgan fingerprint density at radius 3 is 2.75 bits per heavy atom. The molecule has 4 rings (SSSR count). The minimum absolute atomic E-state index is 0.208. The zero-order chi connectivity index (χ0) is 16.7. The second-order valence-electron chi connectivity index (χ2n) is 5.70.